The second-order valence-electron chi connectivity index (χ2n) is 4.75. The van der Waals surface area contributed by atoms with Crippen molar-refractivity contribution < 1.29 is 0 Å². The lowest BCUT2D eigenvalue weighted by molar-refractivity contribution is 0.708. The zero-order valence-electron chi connectivity index (χ0n) is 11.9. The van der Waals surface area contributed by atoms with Crippen molar-refractivity contribution in [2.75, 3.05) is 18.5 Å². The molecule has 1 aromatic heterocycles. The van der Waals surface area contributed by atoms with Gasteiger partial charge in [0.05, 0.1) is 5.69 Å². The highest BCUT2D eigenvalue weighted by Crippen LogP contribution is 2.16. The predicted octanol–water partition coefficient (Wildman–Crippen LogP) is 3.48. The second kappa shape index (κ2) is 7.27. The van der Waals surface area contributed by atoms with Gasteiger partial charge in [-0.05, 0) is 36.4 Å². The third-order valence-electron chi connectivity index (χ3n) is 3.05. The molecule has 0 fully saturated rings. The van der Waals surface area contributed by atoms with Crippen LogP contribution < -0.4 is 10.2 Å². The van der Waals surface area contributed by atoms with Crippen LogP contribution in [0, 0.1) is 0 Å². The zero-order valence-corrected chi connectivity index (χ0v) is 12.7. The molecular weight excluding hydrogens is 270 g/mol. The van der Waals surface area contributed by atoms with Crippen LogP contribution in [-0.4, -0.2) is 18.6 Å². The molecule has 20 heavy (non-hydrogen) atoms. The van der Waals surface area contributed by atoms with Gasteiger partial charge in [-0.2, -0.15) is 0 Å². The fraction of sp³-hybridized carbons (Fsp3) is 0.312. The Balaban J connectivity index is 2.06. The molecule has 106 valence electrons. The standard InChI is InChI=1S/C16H20ClN3/c1-3-18-11-15-8-5-9-16(19-15)20(2)12-13-6-4-7-14(17)10-13/h4-10,18H,3,11-12H2,1-2H3. The number of aromatic nitrogens is 1. The molecule has 0 aliphatic carbocycles. The Kier molecular flexibility index (Phi) is 5.39. The average Bonchev–Trinajstić information content (AvgIpc) is 2.45. The normalized spacial score (nSPS) is 10.6. The van der Waals surface area contributed by atoms with E-state index in [2.05, 4.69) is 28.2 Å². The molecule has 0 aliphatic rings. The molecular formula is C16H20ClN3. The summed E-state index contributed by atoms with van der Waals surface area (Å²) in [4.78, 5) is 6.79. The Bertz CT molecular complexity index is 557. The van der Waals surface area contributed by atoms with Crippen molar-refractivity contribution in [1.82, 2.24) is 10.3 Å². The highest BCUT2D eigenvalue weighted by atomic mass is 35.5. The highest BCUT2D eigenvalue weighted by molar-refractivity contribution is 6.30. The molecule has 2 rings (SSSR count). The van der Waals surface area contributed by atoms with Crippen molar-refractivity contribution >= 4 is 17.4 Å². The SMILES string of the molecule is CCNCc1cccc(N(C)Cc2cccc(Cl)c2)n1. The molecule has 2 aromatic rings. The first-order chi connectivity index (χ1) is 9.69. The van der Waals surface area contributed by atoms with Crippen molar-refractivity contribution in [3.8, 4) is 0 Å². The Labute approximate surface area is 125 Å². The third-order valence-corrected chi connectivity index (χ3v) is 3.28. The smallest absolute Gasteiger partial charge is 0.128 e. The molecule has 0 aliphatic heterocycles. The Hall–Kier alpha value is -1.58. The molecule has 0 radical (unpaired) electrons. The summed E-state index contributed by atoms with van der Waals surface area (Å²) in [5.41, 5.74) is 2.24. The maximum atomic E-state index is 6.01. The molecule has 0 atom stereocenters. The maximum Gasteiger partial charge on any atom is 0.128 e. The van der Waals surface area contributed by atoms with Gasteiger partial charge in [0, 0.05) is 25.2 Å². The van der Waals surface area contributed by atoms with Gasteiger partial charge in [0.25, 0.3) is 0 Å². The number of hydrogen-bond acceptors (Lipinski definition) is 3. The first-order valence-corrected chi connectivity index (χ1v) is 7.19. The van der Waals surface area contributed by atoms with Crippen LogP contribution in [0.25, 0.3) is 0 Å². The summed E-state index contributed by atoms with van der Waals surface area (Å²) in [5, 5.41) is 4.06. The predicted molar refractivity (Wildman–Crippen MR) is 85.2 cm³/mol. The minimum Gasteiger partial charge on any atom is -0.355 e. The minimum absolute atomic E-state index is 0.768. The lowest BCUT2D eigenvalue weighted by Crippen LogP contribution is -2.19. The van der Waals surface area contributed by atoms with Gasteiger partial charge in [-0.3, -0.25) is 0 Å². The van der Waals surface area contributed by atoms with Gasteiger partial charge in [-0.25, -0.2) is 4.98 Å². The van der Waals surface area contributed by atoms with Crippen molar-refractivity contribution in [3.63, 3.8) is 0 Å². The lowest BCUT2D eigenvalue weighted by Gasteiger charge is -2.19. The molecule has 1 heterocycles. The number of benzene rings is 1. The summed E-state index contributed by atoms with van der Waals surface area (Å²) < 4.78 is 0. The van der Waals surface area contributed by atoms with Crippen LogP contribution in [0.5, 0.6) is 0 Å². The fourth-order valence-corrected chi connectivity index (χ4v) is 2.23. The fourth-order valence-electron chi connectivity index (χ4n) is 2.02. The third kappa shape index (κ3) is 4.22. The van der Waals surface area contributed by atoms with Crippen LogP contribution in [-0.2, 0) is 13.1 Å². The highest BCUT2D eigenvalue weighted by Gasteiger charge is 2.05. The van der Waals surface area contributed by atoms with E-state index in [-0.39, 0.29) is 0 Å². The Morgan fingerprint density at radius 2 is 2.00 bits per heavy atom. The van der Waals surface area contributed by atoms with Gasteiger partial charge >= 0.3 is 0 Å². The monoisotopic (exact) mass is 289 g/mol. The minimum atomic E-state index is 0.768. The van der Waals surface area contributed by atoms with E-state index in [0.717, 1.165) is 36.2 Å². The van der Waals surface area contributed by atoms with Gasteiger partial charge in [0.1, 0.15) is 5.82 Å². The van der Waals surface area contributed by atoms with Crippen molar-refractivity contribution in [2.45, 2.75) is 20.0 Å². The van der Waals surface area contributed by atoms with Gasteiger partial charge < -0.3 is 10.2 Å². The van der Waals surface area contributed by atoms with Crippen molar-refractivity contribution in [2.24, 2.45) is 0 Å². The first kappa shape index (κ1) is 14.8. The van der Waals surface area contributed by atoms with E-state index in [0.29, 0.717) is 0 Å². The molecule has 3 nitrogen and oxygen atoms in total. The summed E-state index contributed by atoms with van der Waals surface area (Å²) in [7, 11) is 2.04. The van der Waals surface area contributed by atoms with E-state index in [9.17, 15) is 0 Å². The van der Waals surface area contributed by atoms with Crippen molar-refractivity contribution in [1.29, 1.82) is 0 Å². The summed E-state index contributed by atoms with van der Waals surface area (Å²) >= 11 is 6.01. The van der Waals surface area contributed by atoms with Gasteiger partial charge in [0.15, 0.2) is 0 Å². The number of halogens is 1. The molecule has 0 spiro atoms. The van der Waals surface area contributed by atoms with E-state index in [4.69, 9.17) is 11.6 Å². The molecule has 0 unspecified atom stereocenters. The number of anilines is 1. The number of nitrogens with zero attached hydrogens (tertiary/aromatic N) is 2. The molecule has 0 amide bonds. The molecule has 0 saturated carbocycles. The number of nitrogens with one attached hydrogen (secondary N) is 1. The molecule has 1 N–H and O–H groups in total. The van der Waals surface area contributed by atoms with E-state index in [1.54, 1.807) is 0 Å². The molecule has 0 saturated heterocycles. The van der Waals surface area contributed by atoms with Crippen LogP contribution in [0.3, 0.4) is 0 Å². The van der Waals surface area contributed by atoms with E-state index < -0.39 is 0 Å². The summed E-state index contributed by atoms with van der Waals surface area (Å²) in [6, 6.07) is 14.0. The van der Waals surface area contributed by atoms with E-state index in [1.807, 2.05) is 43.4 Å². The quantitative estimate of drug-likeness (QED) is 0.882. The van der Waals surface area contributed by atoms with Crippen LogP contribution in [0.4, 0.5) is 5.82 Å². The number of hydrogen-bond donors (Lipinski definition) is 1. The summed E-state index contributed by atoms with van der Waals surface area (Å²) in [6.45, 7) is 4.63. The van der Waals surface area contributed by atoms with Crippen LogP contribution in [0.15, 0.2) is 42.5 Å². The number of pyridine rings is 1. The van der Waals surface area contributed by atoms with Gasteiger partial charge in [0.2, 0.25) is 0 Å². The summed E-state index contributed by atoms with van der Waals surface area (Å²) in [5.74, 6) is 0.973. The zero-order chi connectivity index (χ0) is 14.4. The van der Waals surface area contributed by atoms with Crippen LogP contribution in [0.2, 0.25) is 5.02 Å². The van der Waals surface area contributed by atoms with E-state index >= 15 is 0 Å². The number of rotatable bonds is 6. The second-order valence-corrected chi connectivity index (χ2v) is 5.19. The molecule has 0 bridgehead atoms. The van der Waals surface area contributed by atoms with Gasteiger partial charge in [-0.1, -0.05) is 36.7 Å². The summed E-state index contributed by atoms with van der Waals surface area (Å²) in [6.07, 6.45) is 0. The topological polar surface area (TPSA) is 28.2 Å². The van der Waals surface area contributed by atoms with Crippen molar-refractivity contribution in [3.05, 3.63) is 58.7 Å². The van der Waals surface area contributed by atoms with E-state index in [1.165, 1.54) is 5.56 Å². The Morgan fingerprint density at radius 1 is 1.20 bits per heavy atom. The largest absolute Gasteiger partial charge is 0.355 e. The first-order valence-electron chi connectivity index (χ1n) is 6.81. The lowest BCUT2D eigenvalue weighted by atomic mass is 10.2. The maximum absolute atomic E-state index is 6.01. The van der Waals surface area contributed by atoms with Crippen LogP contribution in [0.1, 0.15) is 18.2 Å². The van der Waals surface area contributed by atoms with Gasteiger partial charge in [-0.15, -0.1) is 0 Å². The molecule has 4 heteroatoms. The Morgan fingerprint density at radius 3 is 2.75 bits per heavy atom. The van der Waals surface area contributed by atoms with Crippen LogP contribution >= 0.6 is 11.6 Å². The average molecular weight is 290 g/mol. The molecule has 1 aromatic carbocycles.